The fourth-order valence-electron chi connectivity index (χ4n) is 3.24. The number of hydrogen-bond acceptors (Lipinski definition) is 4. The highest BCUT2D eigenvalue weighted by Crippen LogP contribution is 2.43. The van der Waals surface area contributed by atoms with Crippen LogP contribution in [0.1, 0.15) is 28.1 Å². The maximum Gasteiger partial charge on any atom is 0.264 e. The lowest BCUT2D eigenvalue weighted by Crippen LogP contribution is -2.57. The second kappa shape index (κ2) is 7.78. The molecule has 1 fully saturated rings. The van der Waals surface area contributed by atoms with E-state index in [2.05, 4.69) is 21.6 Å². The number of carbonyl (C=O) groups excluding carboxylic acids is 2. The molecule has 8 heteroatoms. The lowest BCUT2D eigenvalue weighted by molar-refractivity contribution is -0.117. The third kappa shape index (κ3) is 3.77. The highest BCUT2D eigenvalue weighted by Gasteiger charge is 2.46. The van der Waals surface area contributed by atoms with Crippen LogP contribution in [0.2, 0.25) is 10.2 Å². The fraction of sp³-hybridized carbons (Fsp3) is 0.278. The number of hydrogen-bond donors (Lipinski definition) is 2. The molecule has 26 heavy (non-hydrogen) atoms. The van der Waals surface area contributed by atoms with Crippen molar-refractivity contribution in [3.8, 4) is 0 Å². The Balaban J connectivity index is 1.69. The molecule has 0 bridgehead atoms. The van der Waals surface area contributed by atoms with Gasteiger partial charge in [0.1, 0.15) is 9.90 Å². The molecule has 1 aromatic carbocycles. The second-order valence-corrected chi connectivity index (χ2v) is 7.77. The minimum atomic E-state index is -0.277. The van der Waals surface area contributed by atoms with E-state index < -0.39 is 0 Å². The van der Waals surface area contributed by atoms with E-state index in [0.29, 0.717) is 24.3 Å². The summed E-state index contributed by atoms with van der Waals surface area (Å²) < 4.78 is 3.88. The summed E-state index contributed by atoms with van der Waals surface area (Å²) in [5.41, 5.74) is 0.918. The Bertz CT molecular complexity index is 832. The van der Waals surface area contributed by atoms with Crippen molar-refractivity contribution in [3.63, 3.8) is 0 Å². The fourth-order valence-corrected chi connectivity index (χ4v) is 4.36. The highest BCUT2D eigenvalue weighted by molar-refractivity contribution is 7.09. The molecular formula is C18H17Cl2N3O2S. The van der Waals surface area contributed by atoms with Crippen LogP contribution in [0.3, 0.4) is 0 Å². The van der Waals surface area contributed by atoms with Crippen LogP contribution < -0.4 is 10.6 Å². The molecule has 0 atom stereocenters. The van der Waals surface area contributed by atoms with Gasteiger partial charge in [0.2, 0.25) is 5.91 Å². The van der Waals surface area contributed by atoms with E-state index in [4.69, 9.17) is 23.2 Å². The number of nitrogens with one attached hydrogen (secondary N) is 2. The normalized spacial score (nSPS) is 21.5. The quantitative estimate of drug-likeness (QED) is 0.716. The van der Waals surface area contributed by atoms with Crippen molar-refractivity contribution in [3.05, 3.63) is 63.6 Å². The van der Waals surface area contributed by atoms with Crippen molar-refractivity contribution >= 4 is 46.5 Å². The maximum absolute atomic E-state index is 12.4. The summed E-state index contributed by atoms with van der Waals surface area (Å²) in [5, 5.41) is 6.17. The molecule has 0 unspecified atom stereocenters. The average Bonchev–Trinajstić information content (AvgIpc) is 2.96. The van der Waals surface area contributed by atoms with E-state index in [9.17, 15) is 9.59 Å². The molecule has 1 aliphatic rings. The number of nitrogens with zero attached hydrogens (tertiary/aromatic N) is 1. The lowest BCUT2D eigenvalue weighted by atomic mass is 9.61. The van der Waals surface area contributed by atoms with Gasteiger partial charge < -0.3 is 10.6 Å². The molecule has 2 N–H and O–H groups in total. The molecule has 0 spiro atoms. The Labute approximate surface area is 165 Å². The van der Waals surface area contributed by atoms with Crippen LogP contribution in [0, 0.1) is 0 Å². The van der Waals surface area contributed by atoms with Crippen LogP contribution >= 0.6 is 34.7 Å². The van der Waals surface area contributed by atoms with Gasteiger partial charge in [0.05, 0.1) is 0 Å². The molecular weight excluding hydrogens is 393 g/mol. The number of aromatic nitrogens is 1. The Kier molecular flexibility index (Phi) is 5.65. The van der Waals surface area contributed by atoms with Gasteiger partial charge in [0, 0.05) is 18.0 Å². The van der Waals surface area contributed by atoms with Gasteiger partial charge in [0.25, 0.3) is 5.91 Å². The van der Waals surface area contributed by atoms with Gasteiger partial charge in [-0.05, 0) is 36.0 Å². The second-order valence-electron chi connectivity index (χ2n) is 6.26. The maximum atomic E-state index is 12.4. The zero-order chi connectivity index (χ0) is 18.7. The van der Waals surface area contributed by atoms with Gasteiger partial charge in [-0.25, -0.2) is 0 Å². The van der Waals surface area contributed by atoms with E-state index >= 15 is 0 Å². The molecule has 0 radical (unpaired) electrons. The molecule has 1 saturated carbocycles. The van der Waals surface area contributed by atoms with Crippen LogP contribution in [-0.2, 0) is 10.2 Å². The molecule has 1 aromatic heterocycles. The van der Waals surface area contributed by atoms with Crippen LogP contribution in [-0.4, -0.2) is 28.8 Å². The Morgan fingerprint density at radius 1 is 1.31 bits per heavy atom. The SMILES string of the molecule is C=CC(=O)NCC1(c2ccccc2)CC(NC(=O)c2snc(Cl)c2Cl)C1. The highest BCUT2D eigenvalue weighted by atomic mass is 35.5. The number of rotatable bonds is 6. The van der Waals surface area contributed by atoms with Gasteiger partial charge in [-0.1, -0.05) is 60.1 Å². The zero-order valence-electron chi connectivity index (χ0n) is 13.8. The standard InChI is InChI=1S/C18H17Cl2N3O2S/c1-2-13(24)21-10-18(11-6-4-3-5-7-11)8-12(9-18)22-17(25)15-14(19)16(20)23-26-15/h2-7,12H,1,8-10H2,(H,21,24)(H,22,25). The lowest BCUT2D eigenvalue weighted by Gasteiger charge is -2.48. The van der Waals surface area contributed by atoms with Crippen LogP contribution in [0.15, 0.2) is 43.0 Å². The topological polar surface area (TPSA) is 71.1 Å². The van der Waals surface area contributed by atoms with Gasteiger partial charge in [-0.15, -0.1) is 0 Å². The first-order valence-corrected chi connectivity index (χ1v) is 9.55. The van der Waals surface area contributed by atoms with Crippen LogP contribution in [0.25, 0.3) is 0 Å². The van der Waals surface area contributed by atoms with Gasteiger partial charge in [0.15, 0.2) is 5.15 Å². The molecule has 1 heterocycles. The van der Waals surface area contributed by atoms with Crippen LogP contribution in [0.4, 0.5) is 0 Å². The predicted molar refractivity (Wildman–Crippen MR) is 104 cm³/mol. The van der Waals surface area contributed by atoms with E-state index in [1.807, 2.05) is 30.3 Å². The summed E-state index contributed by atoms with van der Waals surface area (Å²) in [6.45, 7) is 3.97. The molecule has 1 aliphatic carbocycles. The number of halogens is 2. The van der Waals surface area contributed by atoms with Crippen molar-refractivity contribution < 1.29 is 9.59 Å². The van der Waals surface area contributed by atoms with Crippen molar-refractivity contribution in [2.24, 2.45) is 0 Å². The van der Waals surface area contributed by atoms with Gasteiger partial charge in [-0.2, -0.15) is 4.37 Å². The molecule has 0 aliphatic heterocycles. The van der Waals surface area contributed by atoms with E-state index in [0.717, 1.165) is 17.1 Å². The Morgan fingerprint density at radius 2 is 2.00 bits per heavy atom. The monoisotopic (exact) mass is 409 g/mol. The third-order valence-corrected chi connectivity index (χ3v) is 6.38. The van der Waals surface area contributed by atoms with Crippen LogP contribution in [0.5, 0.6) is 0 Å². The minimum absolute atomic E-state index is 0.0136. The van der Waals surface area contributed by atoms with E-state index in [1.165, 1.54) is 6.08 Å². The molecule has 2 amide bonds. The summed E-state index contributed by atoms with van der Waals surface area (Å²) in [4.78, 5) is 24.3. The first-order valence-electron chi connectivity index (χ1n) is 8.02. The summed E-state index contributed by atoms with van der Waals surface area (Å²) in [6, 6.07) is 9.96. The van der Waals surface area contributed by atoms with Crippen molar-refractivity contribution in [1.82, 2.24) is 15.0 Å². The Morgan fingerprint density at radius 3 is 2.58 bits per heavy atom. The van der Waals surface area contributed by atoms with E-state index in [-0.39, 0.29) is 33.4 Å². The average molecular weight is 410 g/mol. The molecule has 3 rings (SSSR count). The van der Waals surface area contributed by atoms with Gasteiger partial charge >= 0.3 is 0 Å². The van der Waals surface area contributed by atoms with Crippen molar-refractivity contribution in [2.75, 3.05) is 6.54 Å². The summed E-state index contributed by atoms with van der Waals surface area (Å²) in [6.07, 6.45) is 2.68. The predicted octanol–water partition coefficient (Wildman–Crippen LogP) is 3.58. The smallest absolute Gasteiger partial charge is 0.264 e. The minimum Gasteiger partial charge on any atom is -0.352 e. The number of benzene rings is 1. The molecule has 5 nitrogen and oxygen atoms in total. The molecule has 0 saturated heterocycles. The number of carbonyl (C=O) groups is 2. The van der Waals surface area contributed by atoms with E-state index in [1.54, 1.807) is 0 Å². The molecule has 2 aromatic rings. The van der Waals surface area contributed by atoms with Crippen molar-refractivity contribution in [1.29, 1.82) is 0 Å². The third-order valence-electron chi connectivity index (χ3n) is 4.59. The summed E-state index contributed by atoms with van der Waals surface area (Å²) in [7, 11) is 0. The Hall–Kier alpha value is -1.89. The largest absolute Gasteiger partial charge is 0.352 e. The zero-order valence-corrected chi connectivity index (χ0v) is 16.1. The molecule has 136 valence electrons. The van der Waals surface area contributed by atoms with Gasteiger partial charge in [-0.3, -0.25) is 9.59 Å². The first kappa shape index (κ1) is 18.9. The number of amides is 2. The summed E-state index contributed by atoms with van der Waals surface area (Å²) >= 11 is 12.8. The first-order chi connectivity index (χ1) is 12.4. The van der Waals surface area contributed by atoms with Crippen molar-refractivity contribution in [2.45, 2.75) is 24.3 Å². The summed E-state index contributed by atoms with van der Waals surface area (Å²) in [5.74, 6) is -0.486.